The first-order valence-corrected chi connectivity index (χ1v) is 8.28. The summed E-state index contributed by atoms with van der Waals surface area (Å²) < 4.78 is 1.000. The first-order chi connectivity index (χ1) is 11.3. The lowest BCUT2D eigenvalue weighted by molar-refractivity contribution is 0.643. The molecule has 1 fully saturated rings. The summed E-state index contributed by atoms with van der Waals surface area (Å²) in [4.78, 5) is 22.1. The summed E-state index contributed by atoms with van der Waals surface area (Å²) in [7, 11) is 0. The van der Waals surface area contributed by atoms with E-state index in [0.29, 0.717) is 0 Å². The van der Waals surface area contributed by atoms with E-state index < -0.39 is 0 Å². The van der Waals surface area contributed by atoms with Crippen molar-refractivity contribution >= 4 is 38.6 Å². The molecule has 1 saturated heterocycles. The molecule has 4 rings (SSSR count). The Morgan fingerprint density at radius 3 is 2.48 bits per heavy atom. The maximum absolute atomic E-state index is 4.47. The summed E-state index contributed by atoms with van der Waals surface area (Å²) in [6.45, 7) is 3.64. The van der Waals surface area contributed by atoms with Gasteiger partial charge in [0, 0.05) is 43.0 Å². The zero-order valence-corrected chi connectivity index (χ0v) is 14.0. The number of hydrogen-bond acceptors (Lipinski definition) is 6. The number of halogens is 1. The predicted octanol–water partition coefficient (Wildman–Crippen LogP) is 2.51. The van der Waals surface area contributed by atoms with E-state index in [1.165, 1.54) is 0 Å². The van der Waals surface area contributed by atoms with Crippen molar-refractivity contribution in [3.63, 3.8) is 0 Å². The van der Waals surface area contributed by atoms with Crippen molar-refractivity contribution in [3.8, 4) is 0 Å². The lowest BCUT2D eigenvalue weighted by Crippen LogP contribution is -2.47. The minimum absolute atomic E-state index is 0.745. The van der Waals surface area contributed by atoms with Crippen LogP contribution in [0.4, 0.5) is 11.6 Å². The smallest absolute Gasteiger partial charge is 0.164 e. The number of piperazine rings is 1. The topological polar surface area (TPSA) is 58.0 Å². The van der Waals surface area contributed by atoms with Crippen LogP contribution < -0.4 is 9.80 Å². The molecule has 0 amide bonds. The van der Waals surface area contributed by atoms with Crippen LogP contribution in [-0.4, -0.2) is 46.1 Å². The Bertz CT molecular complexity index is 809. The van der Waals surface area contributed by atoms with Crippen LogP contribution in [0.5, 0.6) is 0 Å². The fraction of sp³-hybridized carbons (Fsp3) is 0.250. The number of nitrogens with zero attached hydrogens (tertiary/aromatic N) is 6. The van der Waals surface area contributed by atoms with Crippen LogP contribution in [0.2, 0.25) is 0 Å². The Kier molecular flexibility index (Phi) is 3.78. The molecular formula is C16H15BrN6. The second kappa shape index (κ2) is 6.08. The molecule has 0 saturated carbocycles. The summed E-state index contributed by atoms with van der Waals surface area (Å²) in [5.41, 5.74) is 0.745. The molecule has 23 heavy (non-hydrogen) atoms. The van der Waals surface area contributed by atoms with Crippen molar-refractivity contribution in [2.75, 3.05) is 36.0 Å². The van der Waals surface area contributed by atoms with Gasteiger partial charge in [0.2, 0.25) is 0 Å². The fourth-order valence-electron chi connectivity index (χ4n) is 2.84. The maximum Gasteiger partial charge on any atom is 0.164 e. The molecule has 1 aliphatic rings. The van der Waals surface area contributed by atoms with Crippen LogP contribution in [0.25, 0.3) is 11.0 Å². The quantitative estimate of drug-likeness (QED) is 0.690. The predicted molar refractivity (Wildman–Crippen MR) is 93.7 cm³/mol. The van der Waals surface area contributed by atoms with Crippen LogP contribution in [0.15, 0.2) is 47.5 Å². The van der Waals surface area contributed by atoms with Crippen LogP contribution in [0, 0.1) is 0 Å². The van der Waals surface area contributed by atoms with E-state index in [9.17, 15) is 0 Å². The Hall–Kier alpha value is -2.28. The molecule has 0 bridgehead atoms. The molecule has 0 atom stereocenters. The van der Waals surface area contributed by atoms with Gasteiger partial charge in [-0.15, -0.1) is 0 Å². The Balaban J connectivity index is 1.54. The highest BCUT2D eigenvalue weighted by Crippen LogP contribution is 2.23. The molecule has 4 heterocycles. The van der Waals surface area contributed by atoms with Gasteiger partial charge in [0.1, 0.15) is 18.0 Å². The Morgan fingerprint density at radius 2 is 1.70 bits per heavy atom. The summed E-state index contributed by atoms with van der Waals surface area (Å²) in [6, 6.07) is 8.03. The molecule has 0 N–H and O–H groups in total. The van der Waals surface area contributed by atoms with Gasteiger partial charge in [0.25, 0.3) is 0 Å². The minimum atomic E-state index is 0.745. The molecular weight excluding hydrogens is 356 g/mol. The highest BCUT2D eigenvalue weighted by atomic mass is 79.9. The van der Waals surface area contributed by atoms with E-state index in [2.05, 4.69) is 45.7 Å². The molecule has 3 aromatic heterocycles. The second-order valence-electron chi connectivity index (χ2n) is 5.38. The molecule has 0 aliphatic carbocycles. The number of fused-ring (bicyclic) bond motifs is 1. The molecule has 6 nitrogen and oxygen atoms in total. The second-order valence-corrected chi connectivity index (χ2v) is 6.30. The Morgan fingerprint density at radius 1 is 0.870 bits per heavy atom. The SMILES string of the molecule is Brc1ccc(N2CCN(c3ncnc4ncccc34)CC2)nc1. The first kappa shape index (κ1) is 14.3. The molecule has 116 valence electrons. The number of pyridine rings is 2. The monoisotopic (exact) mass is 370 g/mol. The zero-order valence-electron chi connectivity index (χ0n) is 12.4. The van der Waals surface area contributed by atoms with Crippen LogP contribution >= 0.6 is 15.9 Å². The molecule has 0 radical (unpaired) electrons. The zero-order chi connectivity index (χ0) is 15.6. The van der Waals surface area contributed by atoms with Crippen LogP contribution in [0.3, 0.4) is 0 Å². The lowest BCUT2D eigenvalue weighted by Gasteiger charge is -2.36. The van der Waals surface area contributed by atoms with Crippen LogP contribution in [0.1, 0.15) is 0 Å². The van der Waals surface area contributed by atoms with Gasteiger partial charge in [-0.05, 0) is 40.2 Å². The van der Waals surface area contributed by atoms with Gasteiger partial charge >= 0.3 is 0 Å². The minimum Gasteiger partial charge on any atom is -0.353 e. The Labute approximate surface area is 142 Å². The van der Waals surface area contributed by atoms with E-state index in [4.69, 9.17) is 0 Å². The number of hydrogen-bond donors (Lipinski definition) is 0. The normalized spacial score (nSPS) is 15.2. The fourth-order valence-corrected chi connectivity index (χ4v) is 3.07. The summed E-state index contributed by atoms with van der Waals surface area (Å²) >= 11 is 3.42. The molecule has 0 spiro atoms. The summed E-state index contributed by atoms with van der Waals surface area (Å²) in [5, 5.41) is 1.00. The van der Waals surface area contributed by atoms with Gasteiger partial charge in [0.15, 0.2) is 5.65 Å². The maximum atomic E-state index is 4.47. The number of rotatable bonds is 2. The molecule has 0 unspecified atom stereocenters. The molecule has 7 heteroatoms. The van der Waals surface area contributed by atoms with Crippen molar-refractivity contribution in [2.24, 2.45) is 0 Å². The largest absolute Gasteiger partial charge is 0.353 e. The number of aromatic nitrogens is 4. The number of anilines is 2. The molecule has 0 aromatic carbocycles. The van der Waals surface area contributed by atoms with Crippen molar-refractivity contribution < 1.29 is 0 Å². The lowest BCUT2D eigenvalue weighted by atomic mass is 10.2. The third-order valence-corrected chi connectivity index (χ3v) is 4.47. The average Bonchev–Trinajstić information content (AvgIpc) is 2.62. The van der Waals surface area contributed by atoms with Crippen molar-refractivity contribution in [1.82, 2.24) is 19.9 Å². The van der Waals surface area contributed by atoms with Crippen molar-refractivity contribution in [3.05, 3.63) is 47.5 Å². The van der Waals surface area contributed by atoms with E-state index in [0.717, 1.165) is 53.3 Å². The molecule has 1 aliphatic heterocycles. The van der Waals surface area contributed by atoms with Gasteiger partial charge in [-0.1, -0.05) is 0 Å². The van der Waals surface area contributed by atoms with Gasteiger partial charge in [-0.25, -0.2) is 19.9 Å². The van der Waals surface area contributed by atoms with Gasteiger partial charge in [-0.3, -0.25) is 0 Å². The van der Waals surface area contributed by atoms with Crippen molar-refractivity contribution in [2.45, 2.75) is 0 Å². The van der Waals surface area contributed by atoms with Gasteiger partial charge < -0.3 is 9.80 Å². The van der Waals surface area contributed by atoms with E-state index in [-0.39, 0.29) is 0 Å². The van der Waals surface area contributed by atoms with Crippen molar-refractivity contribution in [1.29, 1.82) is 0 Å². The van der Waals surface area contributed by atoms with Gasteiger partial charge in [0.05, 0.1) is 5.39 Å². The highest BCUT2D eigenvalue weighted by Gasteiger charge is 2.20. The highest BCUT2D eigenvalue weighted by molar-refractivity contribution is 9.10. The van der Waals surface area contributed by atoms with Crippen LogP contribution in [-0.2, 0) is 0 Å². The summed E-state index contributed by atoms with van der Waals surface area (Å²) in [6.07, 6.45) is 5.19. The van der Waals surface area contributed by atoms with Gasteiger partial charge in [-0.2, -0.15) is 0 Å². The summed E-state index contributed by atoms with van der Waals surface area (Å²) in [5.74, 6) is 1.98. The third kappa shape index (κ3) is 2.84. The third-order valence-electron chi connectivity index (χ3n) is 4.00. The molecule has 3 aromatic rings. The first-order valence-electron chi connectivity index (χ1n) is 7.48. The van der Waals surface area contributed by atoms with E-state index >= 15 is 0 Å². The van der Waals surface area contributed by atoms with E-state index in [1.807, 2.05) is 30.5 Å². The standard InChI is InChI=1S/C16H15BrN6/c17-12-3-4-14(19-10-12)22-6-8-23(9-7-22)16-13-2-1-5-18-15(13)20-11-21-16/h1-5,10-11H,6-9H2. The van der Waals surface area contributed by atoms with E-state index in [1.54, 1.807) is 12.5 Å². The average molecular weight is 371 g/mol.